The summed E-state index contributed by atoms with van der Waals surface area (Å²) >= 11 is 0. The van der Waals surface area contributed by atoms with Gasteiger partial charge in [0.1, 0.15) is 0 Å². The van der Waals surface area contributed by atoms with Crippen LogP contribution >= 0.6 is 0 Å². The van der Waals surface area contributed by atoms with Gasteiger partial charge in [0.05, 0.1) is 26.1 Å². The number of carbonyl (C=O) groups is 2. The van der Waals surface area contributed by atoms with Crippen molar-refractivity contribution in [3.05, 3.63) is 202 Å². The Morgan fingerprint density at radius 1 is 0.423 bits per heavy atom. The molecule has 258 valence electrons. The number of hydrogen-bond donors (Lipinski definition) is 0. The second-order valence-corrected chi connectivity index (χ2v) is 12.8. The highest BCUT2D eigenvalue weighted by Crippen LogP contribution is 2.31. The molecule has 0 aliphatic carbocycles. The molecule has 4 heteroatoms. The maximum atomic E-state index is 12.1. The lowest BCUT2D eigenvalue weighted by molar-refractivity contribution is -0.142. The van der Waals surface area contributed by atoms with Crippen molar-refractivity contribution in [2.24, 2.45) is 0 Å². The van der Waals surface area contributed by atoms with Crippen LogP contribution in [0.25, 0.3) is 34.4 Å². The van der Waals surface area contributed by atoms with Gasteiger partial charge < -0.3 is 9.47 Å². The lowest BCUT2D eigenvalue weighted by Gasteiger charge is -2.13. The summed E-state index contributed by atoms with van der Waals surface area (Å²) in [5, 5.41) is 0. The molecule has 0 saturated heterocycles. The van der Waals surface area contributed by atoms with Crippen molar-refractivity contribution in [3.63, 3.8) is 0 Å². The Bertz CT molecular complexity index is 2000. The van der Waals surface area contributed by atoms with Crippen LogP contribution in [0.4, 0.5) is 0 Å². The van der Waals surface area contributed by atoms with Crippen LogP contribution < -0.4 is 0 Å². The van der Waals surface area contributed by atoms with Gasteiger partial charge in [-0.05, 0) is 92.8 Å². The van der Waals surface area contributed by atoms with Gasteiger partial charge in [-0.25, -0.2) is 0 Å². The van der Waals surface area contributed by atoms with Gasteiger partial charge in [-0.3, -0.25) is 9.59 Å². The summed E-state index contributed by atoms with van der Waals surface area (Å²) in [6.45, 7) is 3.72. The van der Waals surface area contributed by atoms with E-state index in [-0.39, 0.29) is 23.8 Å². The molecule has 2 unspecified atom stereocenters. The molecular formula is C48H42O4. The van der Waals surface area contributed by atoms with E-state index in [1.54, 1.807) is 0 Å². The van der Waals surface area contributed by atoms with E-state index in [2.05, 4.69) is 109 Å². The Labute approximate surface area is 306 Å². The number of hydrogen-bond acceptors (Lipinski definition) is 4. The van der Waals surface area contributed by atoms with Crippen molar-refractivity contribution >= 4 is 35.2 Å². The number of carbonyl (C=O) groups excluding carboxylic acids is 2. The SMILES string of the molecule is COC(=O)C(C)c1ccc(C(=Cc2ccc(-c3ccc(C=C(c4ccccc4)c4ccc(C(C)C(=O)OC)cc4)cc3)cc2)c2ccccc2)cc1. The molecule has 0 aliphatic heterocycles. The van der Waals surface area contributed by atoms with Crippen molar-refractivity contribution < 1.29 is 19.1 Å². The summed E-state index contributed by atoms with van der Waals surface area (Å²) in [6, 6.07) is 54.2. The third-order valence-corrected chi connectivity index (χ3v) is 9.50. The molecule has 0 bridgehead atoms. The predicted octanol–water partition coefficient (Wildman–Crippen LogP) is 11.1. The molecule has 0 N–H and O–H groups in total. The molecule has 6 aromatic rings. The topological polar surface area (TPSA) is 52.6 Å². The van der Waals surface area contributed by atoms with E-state index in [0.717, 1.165) is 66.8 Å². The number of rotatable bonds is 11. The number of esters is 2. The zero-order chi connectivity index (χ0) is 36.5. The Hall–Kier alpha value is -6.26. The van der Waals surface area contributed by atoms with Gasteiger partial charge >= 0.3 is 11.9 Å². The Morgan fingerprint density at radius 2 is 0.731 bits per heavy atom. The summed E-state index contributed by atoms with van der Waals surface area (Å²) in [5.41, 5.74) is 12.9. The first-order valence-corrected chi connectivity index (χ1v) is 17.5. The van der Waals surface area contributed by atoms with Crippen molar-refractivity contribution in [3.8, 4) is 11.1 Å². The molecule has 0 aliphatic rings. The van der Waals surface area contributed by atoms with E-state index in [9.17, 15) is 9.59 Å². The van der Waals surface area contributed by atoms with Crippen molar-refractivity contribution in [2.75, 3.05) is 14.2 Å². The maximum absolute atomic E-state index is 12.1. The predicted molar refractivity (Wildman–Crippen MR) is 212 cm³/mol. The van der Waals surface area contributed by atoms with Gasteiger partial charge in [0.15, 0.2) is 0 Å². The third-order valence-electron chi connectivity index (χ3n) is 9.50. The summed E-state index contributed by atoms with van der Waals surface area (Å²) in [4.78, 5) is 24.2. The van der Waals surface area contributed by atoms with Crippen LogP contribution in [0, 0.1) is 0 Å². The largest absolute Gasteiger partial charge is 0.469 e. The molecular weight excluding hydrogens is 641 g/mol. The van der Waals surface area contributed by atoms with Crippen LogP contribution in [0.15, 0.2) is 158 Å². The molecule has 0 saturated carbocycles. The average Bonchev–Trinajstić information content (AvgIpc) is 3.22. The van der Waals surface area contributed by atoms with E-state index in [1.165, 1.54) is 14.2 Å². The first-order valence-electron chi connectivity index (χ1n) is 17.5. The molecule has 0 aromatic heterocycles. The fourth-order valence-electron chi connectivity index (χ4n) is 6.31. The highest BCUT2D eigenvalue weighted by molar-refractivity contribution is 5.93. The van der Waals surface area contributed by atoms with Crippen LogP contribution in [-0.2, 0) is 19.1 Å². The molecule has 52 heavy (non-hydrogen) atoms. The standard InChI is InChI=1S/C48H42O4/c1-33(47(49)51-3)37-23-27-43(28-24-37)45(41-11-7-5-8-12-41)31-35-15-19-39(20-16-35)40-21-17-36(18-22-40)32-46(42-13-9-6-10-14-42)44-29-25-38(26-30-44)34(2)48(50)52-4/h5-34H,1-4H3. The van der Waals surface area contributed by atoms with E-state index in [0.29, 0.717) is 0 Å². The van der Waals surface area contributed by atoms with Crippen LogP contribution in [0.5, 0.6) is 0 Å². The third kappa shape index (κ3) is 8.36. The second-order valence-electron chi connectivity index (χ2n) is 12.8. The van der Waals surface area contributed by atoms with Crippen LogP contribution in [0.2, 0.25) is 0 Å². The minimum absolute atomic E-state index is 0.246. The smallest absolute Gasteiger partial charge is 0.312 e. The van der Waals surface area contributed by atoms with Gasteiger partial charge in [0.25, 0.3) is 0 Å². The van der Waals surface area contributed by atoms with Gasteiger partial charge in [-0.15, -0.1) is 0 Å². The highest BCUT2D eigenvalue weighted by Gasteiger charge is 2.17. The first kappa shape index (κ1) is 35.6. The normalized spacial score (nSPS) is 12.8. The highest BCUT2D eigenvalue weighted by atomic mass is 16.5. The minimum atomic E-state index is -0.325. The fraction of sp³-hybridized carbons (Fsp3) is 0.125. The quantitative estimate of drug-likeness (QED) is 0.101. The first-order chi connectivity index (χ1) is 25.3. The molecule has 6 aromatic carbocycles. The summed E-state index contributed by atoms with van der Waals surface area (Å²) in [5.74, 6) is -1.14. The molecule has 4 nitrogen and oxygen atoms in total. The van der Waals surface area contributed by atoms with Crippen LogP contribution in [-0.4, -0.2) is 26.2 Å². The summed E-state index contributed by atoms with van der Waals surface area (Å²) in [6.07, 6.45) is 4.42. The molecule has 2 atom stereocenters. The lowest BCUT2D eigenvalue weighted by atomic mass is 9.92. The monoisotopic (exact) mass is 682 g/mol. The van der Waals surface area contributed by atoms with Crippen molar-refractivity contribution in [2.45, 2.75) is 25.7 Å². The van der Waals surface area contributed by atoms with Crippen molar-refractivity contribution in [1.82, 2.24) is 0 Å². The summed E-state index contributed by atoms with van der Waals surface area (Å²) < 4.78 is 9.88. The van der Waals surface area contributed by atoms with E-state index in [4.69, 9.17) is 9.47 Å². The molecule has 0 heterocycles. The van der Waals surface area contributed by atoms with Gasteiger partial charge in [-0.1, -0.05) is 158 Å². The van der Waals surface area contributed by atoms with Crippen LogP contribution in [0.3, 0.4) is 0 Å². The molecule has 0 fully saturated rings. The second kappa shape index (κ2) is 16.6. The van der Waals surface area contributed by atoms with Gasteiger partial charge in [0.2, 0.25) is 0 Å². The Morgan fingerprint density at radius 3 is 1.04 bits per heavy atom. The van der Waals surface area contributed by atoms with Gasteiger partial charge in [-0.2, -0.15) is 0 Å². The lowest BCUT2D eigenvalue weighted by Crippen LogP contribution is -2.10. The Kier molecular flexibility index (Phi) is 11.4. The van der Waals surface area contributed by atoms with E-state index < -0.39 is 0 Å². The zero-order valence-corrected chi connectivity index (χ0v) is 30.0. The summed E-state index contributed by atoms with van der Waals surface area (Å²) in [7, 11) is 2.84. The number of benzene rings is 6. The Balaban J connectivity index is 1.25. The molecule has 0 spiro atoms. The number of methoxy groups -OCH3 is 2. The van der Waals surface area contributed by atoms with E-state index >= 15 is 0 Å². The average molecular weight is 683 g/mol. The molecule has 0 amide bonds. The van der Waals surface area contributed by atoms with E-state index in [1.807, 2.05) is 74.5 Å². The number of ether oxygens (including phenoxy) is 2. The minimum Gasteiger partial charge on any atom is -0.469 e. The molecule has 0 radical (unpaired) electrons. The van der Waals surface area contributed by atoms with Crippen molar-refractivity contribution in [1.29, 1.82) is 0 Å². The zero-order valence-electron chi connectivity index (χ0n) is 30.0. The van der Waals surface area contributed by atoms with Gasteiger partial charge in [0, 0.05) is 0 Å². The maximum Gasteiger partial charge on any atom is 0.312 e. The molecule has 6 rings (SSSR count). The fourth-order valence-corrected chi connectivity index (χ4v) is 6.31. The van der Waals surface area contributed by atoms with Crippen LogP contribution in [0.1, 0.15) is 70.2 Å².